The average Bonchev–Trinajstić information content (AvgIpc) is 3.32. The molecule has 0 spiro atoms. The molecule has 3 rings (SSSR count). The lowest BCUT2D eigenvalue weighted by atomic mass is 9.66. The van der Waals surface area contributed by atoms with Crippen LogP contribution in [0.3, 0.4) is 0 Å². The number of rotatable bonds is 7. The Morgan fingerprint density at radius 2 is 2.11 bits per heavy atom. The van der Waals surface area contributed by atoms with Crippen molar-refractivity contribution in [2.75, 3.05) is 12.9 Å². The van der Waals surface area contributed by atoms with Gasteiger partial charge < -0.3 is 19.7 Å². The van der Waals surface area contributed by atoms with Crippen LogP contribution in [0.1, 0.15) is 40.0 Å². The van der Waals surface area contributed by atoms with Crippen LogP contribution in [0.25, 0.3) is 0 Å². The molecular formula is C20H30N2O4S. The maximum absolute atomic E-state index is 11.6. The van der Waals surface area contributed by atoms with Crippen molar-refractivity contribution < 1.29 is 19.7 Å². The fourth-order valence-electron chi connectivity index (χ4n) is 4.28. The highest BCUT2D eigenvalue weighted by molar-refractivity contribution is 7.99. The minimum Gasteiger partial charge on any atom is -0.390 e. The monoisotopic (exact) mass is 394 g/mol. The molecular weight excluding hydrogens is 364 g/mol. The maximum atomic E-state index is 11.6. The summed E-state index contributed by atoms with van der Waals surface area (Å²) in [6.07, 6.45) is 6.27. The van der Waals surface area contributed by atoms with Crippen LogP contribution in [0.5, 0.6) is 0 Å². The number of epoxide rings is 1. The van der Waals surface area contributed by atoms with Crippen molar-refractivity contribution in [3.63, 3.8) is 0 Å². The topological polar surface area (TPSA) is 88.0 Å². The molecule has 150 valence electrons. The number of thioether (sulfide) groups is 1. The first-order chi connectivity index (χ1) is 12.8. The van der Waals surface area contributed by atoms with Gasteiger partial charge in [-0.15, -0.1) is 0 Å². The van der Waals surface area contributed by atoms with Gasteiger partial charge in [-0.2, -0.15) is 0 Å². The van der Waals surface area contributed by atoms with Crippen molar-refractivity contribution in [1.82, 2.24) is 9.97 Å². The summed E-state index contributed by atoms with van der Waals surface area (Å²) < 4.78 is 11.7. The van der Waals surface area contributed by atoms with Crippen molar-refractivity contribution in [2.45, 2.75) is 74.7 Å². The predicted molar refractivity (Wildman–Crippen MR) is 105 cm³/mol. The molecule has 1 aliphatic carbocycles. The molecule has 6 unspecified atom stereocenters. The molecule has 2 heterocycles. The second kappa shape index (κ2) is 8.17. The number of methoxy groups -OCH3 is 1. The summed E-state index contributed by atoms with van der Waals surface area (Å²) in [4.78, 5) is 8.47. The summed E-state index contributed by atoms with van der Waals surface area (Å²) in [5, 5.41) is 22.8. The summed E-state index contributed by atoms with van der Waals surface area (Å²) in [7, 11) is 1.59. The average molecular weight is 395 g/mol. The molecule has 7 heteroatoms. The number of aliphatic hydroxyl groups excluding tert-OH is 1. The van der Waals surface area contributed by atoms with E-state index in [0.29, 0.717) is 23.8 Å². The van der Waals surface area contributed by atoms with Gasteiger partial charge in [0.15, 0.2) is 5.16 Å². The summed E-state index contributed by atoms with van der Waals surface area (Å²) in [6.45, 7) is 6.16. The zero-order valence-corrected chi connectivity index (χ0v) is 17.3. The van der Waals surface area contributed by atoms with Crippen molar-refractivity contribution >= 4 is 11.8 Å². The molecule has 1 saturated carbocycles. The molecule has 2 fully saturated rings. The van der Waals surface area contributed by atoms with Crippen LogP contribution in [-0.2, 0) is 9.47 Å². The minimum absolute atomic E-state index is 0.0184. The van der Waals surface area contributed by atoms with E-state index in [2.05, 4.69) is 29.9 Å². The third kappa shape index (κ3) is 4.38. The third-order valence-corrected chi connectivity index (χ3v) is 6.87. The molecule has 2 N–H and O–H groups in total. The number of ether oxygens (including phenoxy) is 2. The van der Waals surface area contributed by atoms with Crippen LogP contribution in [-0.4, -0.2) is 62.6 Å². The highest BCUT2D eigenvalue weighted by Gasteiger charge is 2.67. The van der Waals surface area contributed by atoms with Gasteiger partial charge >= 0.3 is 0 Å². The minimum atomic E-state index is -1.03. The number of hydrogen-bond acceptors (Lipinski definition) is 7. The zero-order valence-electron chi connectivity index (χ0n) is 16.5. The van der Waals surface area contributed by atoms with E-state index in [9.17, 15) is 10.2 Å². The smallest absolute Gasteiger partial charge is 0.187 e. The second-order valence-corrected chi connectivity index (χ2v) is 8.96. The number of hydrogen-bond donors (Lipinski definition) is 2. The van der Waals surface area contributed by atoms with Gasteiger partial charge in [-0.05, 0) is 46.1 Å². The van der Waals surface area contributed by atoms with Crippen LogP contribution in [0.15, 0.2) is 35.3 Å². The van der Waals surface area contributed by atoms with Crippen LogP contribution in [0.2, 0.25) is 0 Å². The largest absolute Gasteiger partial charge is 0.390 e. The fourth-order valence-corrected chi connectivity index (χ4v) is 5.25. The highest BCUT2D eigenvalue weighted by Crippen LogP contribution is 2.55. The Kier molecular flexibility index (Phi) is 6.27. The first-order valence-corrected chi connectivity index (χ1v) is 10.4. The number of allylic oxidation sites excluding steroid dienone is 1. The van der Waals surface area contributed by atoms with Crippen LogP contribution >= 0.6 is 11.8 Å². The number of aliphatic hydroxyl groups is 2. The molecule has 27 heavy (non-hydrogen) atoms. The Labute approximate surface area is 165 Å². The van der Waals surface area contributed by atoms with Gasteiger partial charge in [0, 0.05) is 31.2 Å². The highest BCUT2D eigenvalue weighted by atomic mass is 32.2. The standard InChI is InChI=1S/C20H30N2O4S/c1-13(2)6-7-15-19(3,26-15)17-16(25-4)14(23)8-9-20(17,24)12-27-18-21-10-5-11-22-18/h5-6,10-11,14-17,23-24H,7-9,12H2,1-4H3. The van der Waals surface area contributed by atoms with E-state index < -0.39 is 23.4 Å². The van der Waals surface area contributed by atoms with Gasteiger partial charge in [0.1, 0.15) is 5.60 Å². The van der Waals surface area contributed by atoms with E-state index in [0.717, 1.165) is 6.42 Å². The lowest BCUT2D eigenvalue weighted by Crippen LogP contribution is -2.60. The summed E-state index contributed by atoms with van der Waals surface area (Å²) in [6, 6.07) is 1.77. The molecule has 1 aliphatic heterocycles. The van der Waals surface area contributed by atoms with Gasteiger partial charge in [0.25, 0.3) is 0 Å². The number of aromatic nitrogens is 2. The maximum Gasteiger partial charge on any atom is 0.187 e. The van der Waals surface area contributed by atoms with Gasteiger partial charge in [-0.1, -0.05) is 23.4 Å². The van der Waals surface area contributed by atoms with Crippen molar-refractivity contribution in [2.24, 2.45) is 5.92 Å². The molecule has 1 aromatic heterocycles. The summed E-state index contributed by atoms with van der Waals surface area (Å²) >= 11 is 1.43. The van der Waals surface area contributed by atoms with Gasteiger partial charge in [-0.25, -0.2) is 9.97 Å². The number of nitrogens with zero attached hydrogens (tertiary/aromatic N) is 2. The van der Waals surface area contributed by atoms with Crippen LogP contribution < -0.4 is 0 Å². The lowest BCUT2D eigenvalue weighted by Gasteiger charge is -2.48. The van der Waals surface area contributed by atoms with Gasteiger partial charge in [0.05, 0.1) is 23.9 Å². The molecule has 1 aromatic rings. The van der Waals surface area contributed by atoms with Gasteiger partial charge in [0.2, 0.25) is 0 Å². The van der Waals surface area contributed by atoms with Crippen LogP contribution in [0.4, 0.5) is 0 Å². The Balaban J connectivity index is 1.81. The van der Waals surface area contributed by atoms with Gasteiger partial charge in [-0.3, -0.25) is 0 Å². The van der Waals surface area contributed by atoms with E-state index in [1.165, 1.54) is 17.3 Å². The van der Waals surface area contributed by atoms with Crippen LogP contribution in [0, 0.1) is 5.92 Å². The first kappa shape index (κ1) is 20.7. The fraction of sp³-hybridized carbons (Fsp3) is 0.700. The van der Waals surface area contributed by atoms with E-state index in [1.807, 2.05) is 6.92 Å². The van der Waals surface area contributed by atoms with E-state index in [-0.39, 0.29) is 12.0 Å². The normalized spacial score (nSPS) is 38.4. The van der Waals surface area contributed by atoms with E-state index in [1.54, 1.807) is 25.6 Å². The Hall–Kier alpha value is -0.990. The van der Waals surface area contributed by atoms with Crippen molar-refractivity contribution in [3.8, 4) is 0 Å². The molecule has 0 aromatic carbocycles. The molecule has 1 saturated heterocycles. The SMILES string of the molecule is COC1C(O)CCC(O)(CSc2ncccn2)C1C1(C)OC1CC=C(C)C. The Morgan fingerprint density at radius 3 is 2.74 bits per heavy atom. The summed E-state index contributed by atoms with van der Waals surface area (Å²) in [5.74, 6) is 0.105. The molecule has 6 atom stereocenters. The third-order valence-electron chi connectivity index (χ3n) is 5.76. The molecule has 2 aliphatic rings. The Bertz CT molecular complexity index is 669. The van der Waals surface area contributed by atoms with E-state index >= 15 is 0 Å². The van der Waals surface area contributed by atoms with Crippen molar-refractivity contribution in [1.29, 1.82) is 0 Å². The van der Waals surface area contributed by atoms with Crippen molar-refractivity contribution in [3.05, 3.63) is 30.1 Å². The summed E-state index contributed by atoms with van der Waals surface area (Å²) in [5.41, 5.74) is -0.314. The predicted octanol–water partition coefficient (Wildman–Crippen LogP) is 2.60. The first-order valence-electron chi connectivity index (χ1n) is 9.44. The zero-order chi connectivity index (χ0) is 19.7. The molecule has 0 radical (unpaired) electrons. The molecule has 0 amide bonds. The molecule has 6 nitrogen and oxygen atoms in total. The quantitative estimate of drug-likeness (QED) is 0.318. The molecule has 0 bridgehead atoms. The Morgan fingerprint density at radius 1 is 1.41 bits per heavy atom. The lowest BCUT2D eigenvalue weighted by molar-refractivity contribution is -0.169. The second-order valence-electron chi connectivity index (χ2n) is 8.02. The van der Waals surface area contributed by atoms with E-state index in [4.69, 9.17) is 9.47 Å².